The van der Waals surface area contributed by atoms with Crippen molar-refractivity contribution >= 4 is 0 Å². The summed E-state index contributed by atoms with van der Waals surface area (Å²) in [5, 5.41) is 3.69. The van der Waals surface area contributed by atoms with Crippen LogP contribution in [0.15, 0.2) is 22.7 Å². The summed E-state index contributed by atoms with van der Waals surface area (Å²) in [6, 6.07) is 3.37. The highest BCUT2D eigenvalue weighted by Crippen LogP contribution is 2.13. The molecule has 2 aromatic rings. The Labute approximate surface area is 96.4 Å². The largest absolute Gasteiger partial charge is 0.339 e. The van der Waals surface area contributed by atoms with Crippen LogP contribution in [-0.2, 0) is 12.8 Å². The Morgan fingerprint density at radius 2 is 2.12 bits per heavy atom. The van der Waals surface area contributed by atoms with Crippen LogP contribution >= 0.6 is 0 Å². The molecule has 1 aromatic heterocycles. The lowest BCUT2D eigenvalue weighted by Crippen LogP contribution is -2.04. The first-order valence-corrected chi connectivity index (χ1v) is 5.14. The Bertz CT molecular complexity index is 513. The van der Waals surface area contributed by atoms with E-state index in [0.717, 1.165) is 6.07 Å². The molecule has 90 valence electrons. The van der Waals surface area contributed by atoms with Crippen LogP contribution < -0.4 is 5.73 Å². The molecule has 0 radical (unpaired) electrons. The molecule has 0 spiro atoms. The van der Waals surface area contributed by atoms with E-state index in [4.69, 9.17) is 10.3 Å². The fraction of sp³-hybridized carbons (Fsp3) is 0.273. The maximum atomic E-state index is 13.3. The molecular weight excluding hydrogens is 228 g/mol. The Kier molecular flexibility index (Phi) is 3.43. The summed E-state index contributed by atoms with van der Waals surface area (Å²) in [5.41, 5.74) is 5.65. The maximum Gasteiger partial charge on any atom is 0.231 e. The highest BCUT2D eigenvalue weighted by molar-refractivity contribution is 5.21. The average Bonchev–Trinajstić information content (AvgIpc) is 2.71. The molecule has 0 bridgehead atoms. The second-order valence-electron chi connectivity index (χ2n) is 3.56. The molecule has 1 heterocycles. The number of nitrogens with two attached hydrogens (primary N) is 1. The quantitative estimate of drug-likeness (QED) is 0.876. The minimum Gasteiger partial charge on any atom is -0.339 e. The van der Waals surface area contributed by atoms with E-state index in [0.29, 0.717) is 30.2 Å². The molecule has 1 aromatic carbocycles. The third-order valence-corrected chi connectivity index (χ3v) is 2.23. The number of hydrogen-bond donors (Lipinski definition) is 1. The zero-order valence-corrected chi connectivity index (χ0v) is 8.99. The predicted octanol–water partition coefficient (Wildman–Crippen LogP) is 1.44. The monoisotopic (exact) mass is 239 g/mol. The van der Waals surface area contributed by atoms with E-state index in [-0.39, 0.29) is 6.42 Å². The van der Waals surface area contributed by atoms with Crippen molar-refractivity contribution in [1.29, 1.82) is 0 Å². The molecule has 2 N–H and O–H groups in total. The number of aromatic nitrogens is 2. The van der Waals surface area contributed by atoms with Crippen LogP contribution in [0, 0.1) is 11.6 Å². The molecule has 0 unspecified atom stereocenters. The average molecular weight is 239 g/mol. The molecule has 0 aliphatic heterocycles. The van der Waals surface area contributed by atoms with Crippen molar-refractivity contribution in [3.63, 3.8) is 0 Å². The van der Waals surface area contributed by atoms with Gasteiger partial charge in [-0.2, -0.15) is 4.98 Å². The molecule has 0 amide bonds. The Morgan fingerprint density at radius 3 is 2.82 bits per heavy atom. The summed E-state index contributed by atoms with van der Waals surface area (Å²) in [7, 11) is 0. The van der Waals surface area contributed by atoms with Crippen molar-refractivity contribution in [2.24, 2.45) is 5.73 Å². The lowest BCUT2D eigenvalue weighted by molar-refractivity contribution is 0.378. The maximum absolute atomic E-state index is 13.3. The molecular formula is C11H11F2N3O. The molecule has 4 nitrogen and oxygen atoms in total. The van der Waals surface area contributed by atoms with Crippen LogP contribution in [0.5, 0.6) is 0 Å². The highest BCUT2D eigenvalue weighted by Gasteiger charge is 2.10. The van der Waals surface area contributed by atoms with Gasteiger partial charge in [0.2, 0.25) is 5.89 Å². The number of benzene rings is 1. The van der Waals surface area contributed by atoms with Gasteiger partial charge in [-0.15, -0.1) is 0 Å². The zero-order valence-electron chi connectivity index (χ0n) is 8.99. The minimum absolute atomic E-state index is 0.143. The molecule has 0 saturated heterocycles. The summed E-state index contributed by atoms with van der Waals surface area (Å²) < 4.78 is 31.0. The van der Waals surface area contributed by atoms with E-state index in [9.17, 15) is 8.78 Å². The van der Waals surface area contributed by atoms with Crippen LogP contribution in [0.1, 0.15) is 17.3 Å². The van der Waals surface area contributed by atoms with E-state index in [1.54, 1.807) is 0 Å². The lowest BCUT2D eigenvalue weighted by Gasteiger charge is -1.98. The molecule has 0 aliphatic rings. The minimum atomic E-state index is -0.622. The Morgan fingerprint density at radius 1 is 1.29 bits per heavy atom. The van der Waals surface area contributed by atoms with Gasteiger partial charge in [0.1, 0.15) is 11.6 Å². The first-order valence-electron chi connectivity index (χ1n) is 5.14. The highest BCUT2D eigenvalue weighted by atomic mass is 19.1. The first-order chi connectivity index (χ1) is 8.19. The first kappa shape index (κ1) is 11.7. The van der Waals surface area contributed by atoms with Gasteiger partial charge in [-0.25, -0.2) is 8.78 Å². The molecule has 2 rings (SSSR count). The summed E-state index contributed by atoms with van der Waals surface area (Å²) in [5.74, 6) is -0.451. The fourth-order valence-corrected chi connectivity index (χ4v) is 1.42. The standard InChI is InChI=1S/C11H11F2N3O/c12-8-2-1-7(9(13)6-8)5-11-15-10(3-4-14)16-17-11/h1-2,6H,3-5,14H2. The van der Waals surface area contributed by atoms with Gasteiger partial charge in [0.25, 0.3) is 0 Å². The van der Waals surface area contributed by atoms with E-state index in [1.807, 2.05) is 0 Å². The molecule has 0 saturated carbocycles. The summed E-state index contributed by atoms with van der Waals surface area (Å²) in [6.07, 6.45) is 0.652. The van der Waals surface area contributed by atoms with Crippen molar-refractivity contribution in [3.05, 3.63) is 47.1 Å². The van der Waals surface area contributed by atoms with Gasteiger partial charge >= 0.3 is 0 Å². The second kappa shape index (κ2) is 5.01. The van der Waals surface area contributed by atoms with Gasteiger partial charge < -0.3 is 10.3 Å². The smallest absolute Gasteiger partial charge is 0.231 e. The van der Waals surface area contributed by atoms with Crippen LogP contribution in [0.2, 0.25) is 0 Å². The van der Waals surface area contributed by atoms with E-state index in [2.05, 4.69) is 10.1 Å². The summed E-state index contributed by atoms with van der Waals surface area (Å²) >= 11 is 0. The Hall–Kier alpha value is -1.82. The predicted molar refractivity (Wildman–Crippen MR) is 56.2 cm³/mol. The summed E-state index contributed by atoms with van der Waals surface area (Å²) in [4.78, 5) is 4.04. The molecule has 6 heteroatoms. The van der Waals surface area contributed by atoms with Gasteiger partial charge in [0.05, 0.1) is 6.42 Å². The van der Waals surface area contributed by atoms with Crippen LogP contribution in [0.25, 0.3) is 0 Å². The fourth-order valence-electron chi connectivity index (χ4n) is 1.42. The van der Waals surface area contributed by atoms with Crippen LogP contribution in [0.3, 0.4) is 0 Å². The Balaban J connectivity index is 2.13. The number of nitrogens with zero attached hydrogens (tertiary/aromatic N) is 2. The molecule has 17 heavy (non-hydrogen) atoms. The lowest BCUT2D eigenvalue weighted by atomic mass is 10.1. The number of halogens is 2. The van der Waals surface area contributed by atoms with E-state index in [1.165, 1.54) is 12.1 Å². The molecule has 0 aliphatic carbocycles. The molecule has 0 atom stereocenters. The van der Waals surface area contributed by atoms with Gasteiger partial charge in [-0.05, 0) is 18.2 Å². The third-order valence-electron chi connectivity index (χ3n) is 2.23. The second-order valence-corrected chi connectivity index (χ2v) is 3.56. The number of hydrogen-bond acceptors (Lipinski definition) is 4. The van der Waals surface area contributed by atoms with E-state index >= 15 is 0 Å². The number of rotatable bonds is 4. The van der Waals surface area contributed by atoms with Crippen molar-refractivity contribution < 1.29 is 13.3 Å². The summed E-state index contributed by atoms with van der Waals surface area (Å²) in [6.45, 7) is 0.421. The van der Waals surface area contributed by atoms with Gasteiger partial charge in [0, 0.05) is 12.5 Å². The van der Waals surface area contributed by atoms with Gasteiger partial charge in [0.15, 0.2) is 5.82 Å². The zero-order chi connectivity index (χ0) is 12.3. The van der Waals surface area contributed by atoms with Crippen LogP contribution in [-0.4, -0.2) is 16.7 Å². The van der Waals surface area contributed by atoms with Gasteiger partial charge in [-0.1, -0.05) is 11.2 Å². The van der Waals surface area contributed by atoms with Crippen molar-refractivity contribution in [2.75, 3.05) is 6.54 Å². The van der Waals surface area contributed by atoms with Crippen molar-refractivity contribution in [1.82, 2.24) is 10.1 Å². The molecule has 0 fully saturated rings. The SMILES string of the molecule is NCCc1noc(Cc2ccc(F)cc2F)n1. The normalized spacial score (nSPS) is 10.8. The van der Waals surface area contributed by atoms with E-state index < -0.39 is 11.6 Å². The third kappa shape index (κ3) is 2.85. The van der Waals surface area contributed by atoms with Gasteiger partial charge in [-0.3, -0.25) is 0 Å². The van der Waals surface area contributed by atoms with Crippen molar-refractivity contribution in [3.8, 4) is 0 Å². The van der Waals surface area contributed by atoms with Crippen molar-refractivity contribution in [2.45, 2.75) is 12.8 Å². The topological polar surface area (TPSA) is 64.9 Å². The van der Waals surface area contributed by atoms with Crippen LogP contribution in [0.4, 0.5) is 8.78 Å².